The molecule has 3 N–H and O–H groups in total. The minimum absolute atomic E-state index is 0.0472. The van der Waals surface area contributed by atoms with Crippen LogP contribution in [-0.2, 0) is 6.42 Å². The van der Waals surface area contributed by atoms with Crippen LogP contribution >= 0.6 is 0 Å². The third-order valence-electron chi connectivity index (χ3n) is 3.34. The van der Waals surface area contributed by atoms with E-state index < -0.39 is 0 Å². The van der Waals surface area contributed by atoms with Gasteiger partial charge in [-0.25, -0.2) is 0 Å². The van der Waals surface area contributed by atoms with Gasteiger partial charge in [-0.15, -0.1) is 0 Å². The van der Waals surface area contributed by atoms with Crippen LogP contribution in [0, 0.1) is 5.92 Å². The summed E-state index contributed by atoms with van der Waals surface area (Å²) in [5.74, 6) is 0.656. The Morgan fingerprint density at radius 3 is 2.35 bits per heavy atom. The average Bonchev–Trinajstić information content (AvgIpc) is 2.36. The molecular weight excluding hydrogens is 208 g/mol. The SMILES string of the molecule is CCC(CN)(Cc1ccccc1)NCC(C)C. The van der Waals surface area contributed by atoms with Crippen LogP contribution in [0.5, 0.6) is 0 Å². The molecule has 0 aliphatic carbocycles. The Morgan fingerprint density at radius 2 is 1.88 bits per heavy atom. The van der Waals surface area contributed by atoms with Gasteiger partial charge in [0.15, 0.2) is 0 Å². The van der Waals surface area contributed by atoms with Crippen molar-refractivity contribution in [2.45, 2.75) is 39.2 Å². The minimum atomic E-state index is 0.0472. The molecule has 96 valence electrons. The lowest BCUT2D eigenvalue weighted by molar-refractivity contribution is 0.302. The number of nitrogens with two attached hydrogens (primary N) is 1. The number of hydrogen-bond acceptors (Lipinski definition) is 2. The lowest BCUT2D eigenvalue weighted by atomic mass is 9.87. The zero-order valence-electron chi connectivity index (χ0n) is 11.4. The molecule has 17 heavy (non-hydrogen) atoms. The second-order valence-electron chi connectivity index (χ2n) is 5.28. The summed E-state index contributed by atoms with van der Waals surface area (Å²) in [5.41, 5.74) is 7.39. The summed E-state index contributed by atoms with van der Waals surface area (Å²) in [6.45, 7) is 8.38. The van der Waals surface area contributed by atoms with Crippen LogP contribution in [0.15, 0.2) is 30.3 Å². The molecule has 1 aromatic carbocycles. The Hall–Kier alpha value is -0.860. The normalized spacial score (nSPS) is 14.9. The molecule has 0 aliphatic rings. The maximum Gasteiger partial charge on any atom is 0.0342 e. The predicted octanol–water partition coefficient (Wildman–Crippen LogP) is 2.58. The Bertz CT molecular complexity index is 302. The first-order chi connectivity index (χ1) is 8.12. The maximum absolute atomic E-state index is 5.99. The molecule has 1 unspecified atom stereocenters. The lowest BCUT2D eigenvalue weighted by Gasteiger charge is -2.34. The molecule has 0 heterocycles. The molecule has 0 spiro atoms. The second kappa shape index (κ2) is 6.77. The molecule has 1 atom stereocenters. The predicted molar refractivity (Wildman–Crippen MR) is 75.1 cm³/mol. The van der Waals surface area contributed by atoms with Crippen molar-refractivity contribution >= 4 is 0 Å². The van der Waals surface area contributed by atoms with Gasteiger partial charge >= 0.3 is 0 Å². The molecule has 0 aromatic heterocycles. The van der Waals surface area contributed by atoms with Crippen molar-refractivity contribution in [2.24, 2.45) is 11.7 Å². The number of benzene rings is 1. The van der Waals surface area contributed by atoms with Gasteiger partial charge in [0.25, 0.3) is 0 Å². The molecule has 0 aliphatic heterocycles. The van der Waals surface area contributed by atoms with Crippen LogP contribution in [0.2, 0.25) is 0 Å². The van der Waals surface area contributed by atoms with Crippen molar-refractivity contribution in [1.29, 1.82) is 0 Å². The molecule has 0 saturated carbocycles. The van der Waals surface area contributed by atoms with Gasteiger partial charge in [0.2, 0.25) is 0 Å². The zero-order valence-corrected chi connectivity index (χ0v) is 11.4. The smallest absolute Gasteiger partial charge is 0.0342 e. The van der Waals surface area contributed by atoms with Crippen LogP contribution in [0.3, 0.4) is 0 Å². The molecule has 2 heteroatoms. The molecule has 0 fully saturated rings. The summed E-state index contributed by atoms with van der Waals surface area (Å²) in [6.07, 6.45) is 2.07. The van der Waals surface area contributed by atoms with E-state index in [0.717, 1.165) is 19.4 Å². The molecule has 0 saturated heterocycles. The fourth-order valence-corrected chi connectivity index (χ4v) is 2.01. The Morgan fingerprint density at radius 1 is 1.24 bits per heavy atom. The summed E-state index contributed by atoms with van der Waals surface area (Å²) < 4.78 is 0. The van der Waals surface area contributed by atoms with E-state index in [1.165, 1.54) is 5.56 Å². The third-order valence-corrected chi connectivity index (χ3v) is 3.34. The molecule has 0 radical (unpaired) electrons. The topological polar surface area (TPSA) is 38.0 Å². The fraction of sp³-hybridized carbons (Fsp3) is 0.600. The van der Waals surface area contributed by atoms with Crippen molar-refractivity contribution in [3.63, 3.8) is 0 Å². The van der Waals surface area contributed by atoms with Gasteiger partial charge < -0.3 is 11.1 Å². The summed E-state index contributed by atoms with van der Waals surface area (Å²) in [6, 6.07) is 10.6. The first-order valence-corrected chi connectivity index (χ1v) is 6.61. The number of nitrogens with one attached hydrogen (secondary N) is 1. The molecule has 0 bridgehead atoms. The first-order valence-electron chi connectivity index (χ1n) is 6.61. The molecule has 2 nitrogen and oxygen atoms in total. The van der Waals surface area contributed by atoms with Gasteiger partial charge in [-0.1, -0.05) is 51.1 Å². The van der Waals surface area contributed by atoms with E-state index in [1.807, 2.05) is 0 Å². The van der Waals surface area contributed by atoms with E-state index >= 15 is 0 Å². The minimum Gasteiger partial charge on any atom is -0.329 e. The zero-order chi connectivity index (χ0) is 12.7. The van der Waals surface area contributed by atoms with Gasteiger partial charge in [-0.3, -0.25) is 0 Å². The monoisotopic (exact) mass is 234 g/mol. The molecule has 1 rings (SSSR count). The van der Waals surface area contributed by atoms with Crippen LogP contribution in [-0.4, -0.2) is 18.6 Å². The molecular formula is C15H26N2. The maximum atomic E-state index is 5.99. The van der Waals surface area contributed by atoms with Gasteiger partial charge in [0.1, 0.15) is 0 Å². The van der Waals surface area contributed by atoms with E-state index in [9.17, 15) is 0 Å². The standard InChI is InChI=1S/C15H26N2/c1-4-15(12-16,17-11-13(2)3)10-14-8-6-5-7-9-14/h5-9,13,17H,4,10-12,16H2,1-3H3. The molecule has 0 amide bonds. The molecule has 1 aromatic rings. The van der Waals surface area contributed by atoms with Gasteiger partial charge in [-0.2, -0.15) is 0 Å². The highest BCUT2D eigenvalue weighted by atomic mass is 15.0. The van der Waals surface area contributed by atoms with Gasteiger partial charge in [0.05, 0.1) is 0 Å². The van der Waals surface area contributed by atoms with Gasteiger partial charge in [0, 0.05) is 12.1 Å². The average molecular weight is 234 g/mol. The largest absolute Gasteiger partial charge is 0.329 e. The van der Waals surface area contributed by atoms with E-state index in [4.69, 9.17) is 5.73 Å². The van der Waals surface area contributed by atoms with E-state index in [-0.39, 0.29) is 5.54 Å². The van der Waals surface area contributed by atoms with E-state index in [0.29, 0.717) is 12.5 Å². The van der Waals surface area contributed by atoms with Crippen LogP contribution in [0.25, 0.3) is 0 Å². The number of rotatable bonds is 7. The Balaban J connectivity index is 2.70. The van der Waals surface area contributed by atoms with E-state index in [2.05, 4.69) is 56.4 Å². The Labute approximate surface area is 106 Å². The van der Waals surface area contributed by atoms with Crippen molar-refractivity contribution in [2.75, 3.05) is 13.1 Å². The highest BCUT2D eigenvalue weighted by Gasteiger charge is 2.26. The van der Waals surface area contributed by atoms with Crippen LogP contribution in [0.1, 0.15) is 32.8 Å². The summed E-state index contributed by atoms with van der Waals surface area (Å²) >= 11 is 0. The number of hydrogen-bond donors (Lipinski definition) is 2. The highest BCUT2D eigenvalue weighted by Crippen LogP contribution is 2.16. The fourth-order valence-electron chi connectivity index (χ4n) is 2.01. The second-order valence-corrected chi connectivity index (χ2v) is 5.28. The van der Waals surface area contributed by atoms with Gasteiger partial charge in [-0.05, 0) is 30.9 Å². The Kier molecular flexibility index (Phi) is 5.66. The van der Waals surface area contributed by atoms with Crippen LogP contribution in [0.4, 0.5) is 0 Å². The van der Waals surface area contributed by atoms with E-state index in [1.54, 1.807) is 0 Å². The van der Waals surface area contributed by atoms with Crippen molar-refractivity contribution in [1.82, 2.24) is 5.32 Å². The quantitative estimate of drug-likeness (QED) is 0.761. The highest BCUT2D eigenvalue weighted by molar-refractivity contribution is 5.18. The van der Waals surface area contributed by atoms with Crippen molar-refractivity contribution < 1.29 is 0 Å². The summed E-state index contributed by atoms with van der Waals surface area (Å²) in [5, 5.41) is 3.66. The van der Waals surface area contributed by atoms with Crippen LogP contribution < -0.4 is 11.1 Å². The van der Waals surface area contributed by atoms with Crippen molar-refractivity contribution in [3.05, 3.63) is 35.9 Å². The summed E-state index contributed by atoms with van der Waals surface area (Å²) in [4.78, 5) is 0. The lowest BCUT2D eigenvalue weighted by Crippen LogP contribution is -2.53. The summed E-state index contributed by atoms with van der Waals surface area (Å²) in [7, 11) is 0. The first kappa shape index (κ1) is 14.2. The third kappa shape index (κ3) is 4.49. The van der Waals surface area contributed by atoms with Crippen molar-refractivity contribution in [3.8, 4) is 0 Å².